The van der Waals surface area contributed by atoms with E-state index in [4.69, 9.17) is 28.7 Å². The molecule has 15 heteroatoms. The van der Waals surface area contributed by atoms with Crippen LogP contribution in [0, 0.1) is 11.8 Å². The van der Waals surface area contributed by atoms with Crippen LogP contribution in [0.1, 0.15) is 109 Å². The maximum absolute atomic E-state index is 12.8. The summed E-state index contributed by atoms with van der Waals surface area (Å²) < 4.78 is 97.3. The van der Waals surface area contributed by atoms with E-state index in [2.05, 4.69) is 36.5 Å². The fourth-order valence-corrected chi connectivity index (χ4v) is 6.92. The maximum Gasteiger partial charge on any atom is 0.416 e. The molecule has 1 N–H and O–H groups in total. The third kappa shape index (κ3) is 23.9. The number of hydrogen-bond acceptors (Lipinski definition) is 9. The number of rotatable bonds is 26. The Morgan fingerprint density at radius 1 is 0.672 bits per heavy atom. The van der Waals surface area contributed by atoms with Gasteiger partial charge in [0.05, 0.1) is 29.4 Å². The molecule has 2 bridgehead atoms. The third-order valence-corrected chi connectivity index (χ3v) is 10.1. The number of carbonyl (C=O) groups excluding carboxylic acids is 2. The van der Waals surface area contributed by atoms with E-state index in [-0.39, 0.29) is 72.9 Å². The van der Waals surface area contributed by atoms with Gasteiger partial charge in [0.1, 0.15) is 36.9 Å². The molecule has 4 rings (SSSR count). The highest BCUT2D eigenvalue weighted by Gasteiger charge is 2.49. The first-order valence-electron chi connectivity index (χ1n) is 22.8. The van der Waals surface area contributed by atoms with E-state index >= 15 is 0 Å². The summed E-state index contributed by atoms with van der Waals surface area (Å²) in [5.74, 6) is 0.148. The Balaban J connectivity index is 0.000000357. The van der Waals surface area contributed by atoms with Crippen molar-refractivity contribution in [1.29, 1.82) is 0 Å². The lowest BCUT2D eigenvalue weighted by atomic mass is 9.89. The summed E-state index contributed by atoms with van der Waals surface area (Å²) in [7, 11) is 0. The molecule has 1 aliphatic carbocycles. The Labute approximate surface area is 391 Å². The van der Waals surface area contributed by atoms with Gasteiger partial charge in [0.2, 0.25) is 0 Å². The number of esters is 2. The fourth-order valence-electron chi connectivity index (χ4n) is 6.92. The van der Waals surface area contributed by atoms with Gasteiger partial charge in [0, 0.05) is 31.1 Å². The molecule has 2 fully saturated rings. The molecule has 2 aliphatic rings. The standard InChI is InChI=1S/C26H33F3O6.C26H33F3O3/c1-17(2)33-25(31)11-6-4-3-5-10-21-22(24-15-23(21)34-35-24)13-12-19(30)16-32-20-9-7-8-18(14-20)26(27,28)29;1-22(2)32-25(30)19-14-12-10-8-6-4-3-5-7-9-11-13-15-20-31-24-18-16-17-23(21-24)26(27,28)29/h3,5,7-9,12-14,17,19,21-24,30H,4,6,10-11,15-16H2,1-2H3;3-4,7-10,13,15-18,21-22H,5-6,11-12,14,19-20H2,1-2H3/b5-3-,13-12+;4-3-,9-7-,10-8-,15-13-/t19-,21-,22-,23+,24-;/m1./s1. The second-order valence-corrected chi connectivity index (χ2v) is 16.5. The van der Waals surface area contributed by atoms with Gasteiger partial charge in [-0.15, -0.1) is 0 Å². The van der Waals surface area contributed by atoms with Gasteiger partial charge in [0.25, 0.3) is 0 Å². The van der Waals surface area contributed by atoms with E-state index in [1.165, 1.54) is 24.3 Å². The second-order valence-electron chi connectivity index (χ2n) is 16.5. The van der Waals surface area contributed by atoms with Crippen LogP contribution in [-0.4, -0.2) is 60.8 Å². The normalized spacial score (nSPS) is 19.2. The number of hydrogen-bond donors (Lipinski definition) is 1. The molecule has 0 amide bonds. The van der Waals surface area contributed by atoms with Crippen molar-refractivity contribution in [3.05, 3.63) is 133 Å². The van der Waals surface area contributed by atoms with Gasteiger partial charge in [-0.3, -0.25) is 9.59 Å². The van der Waals surface area contributed by atoms with Gasteiger partial charge >= 0.3 is 24.3 Å². The average molecular weight is 949 g/mol. The number of fused-ring (bicyclic) bond motifs is 2. The predicted molar refractivity (Wildman–Crippen MR) is 245 cm³/mol. The molecule has 0 radical (unpaired) electrons. The SMILES string of the molecule is CC(C)OC(=O)CCC/C=C\C/C=C\C/C=C\C/C=C\COc1cccc(C(F)(F)F)c1.CC(C)OC(=O)CCC/C=C\C[C@@H]1[C@@H](/C=C/[C@@H](O)COc2cccc(C(F)(F)F)c2)[C@H]2C[C@@H]1OO2. The molecule has 2 aromatic carbocycles. The number of benzene rings is 2. The first-order chi connectivity index (χ1) is 31.9. The highest BCUT2D eigenvalue weighted by Crippen LogP contribution is 2.45. The van der Waals surface area contributed by atoms with Gasteiger partial charge in [0.15, 0.2) is 0 Å². The van der Waals surface area contributed by atoms with Crippen LogP contribution in [0.15, 0.2) is 121 Å². The Kier molecular flexibility index (Phi) is 25.4. The molecule has 2 aromatic rings. The molecular formula is C52H66F6O9. The van der Waals surface area contributed by atoms with Crippen molar-refractivity contribution in [2.45, 2.75) is 141 Å². The van der Waals surface area contributed by atoms with Crippen molar-refractivity contribution in [3.8, 4) is 11.5 Å². The van der Waals surface area contributed by atoms with Crippen molar-refractivity contribution >= 4 is 11.9 Å². The monoisotopic (exact) mass is 948 g/mol. The highest BCUT2D eigenvalue weighted by atomic mass is 19.4. The van der Waals surface area contributed by atoms with Crippen LogP contribution in [0.3, 0.4) is 0 Å². The number of ether oxygens (including phenoxy) is 4. The maximum atomic E-state index is 12.8. The van der Waals surface area contributed by atoms with Crippen LogP contribution < -0.4 is 9.47 Å². The number of alkyl halides is 6. The van der Waals surface area contributed by atoms with Crippen molar-refractivity contribution in [2.75, 3.05) is 13.2 Å². The zero-order valence-electron chi connectivity index (χ0n) is 38.8. The van der Waals surface area contributed by atoms with Crippen LogP contribution in [-0.2, 0) is 41.2 Å². The first-order valence-corrected chi connectivity index (χ1v) is 22.8. The number of halogens is 6. The topological polar surface area (TPSA) is 110 Å². The molecule has 0 spiro atoms. The number of aliphatic hydroxyl groups is 1. The van der Waals surface area contributed by atoms with Gasteiger partial charge in [-0.25, -0.2) is 9.78 Å². The van der Waals surface area contributed by atoms with Crippen molar-refractivity contribution in [2.24, 2.45) is 11.8 Å². The summed E-state index contributed by atoms with van der Waals surface area (Å²) in [6.07, 6.45) is 21.6. The van der Waals surface area contributed by atoms with Gasteiger partial charge in [-0.2, -0.15) is 26.3 Å². The van der Waals surface area contributed by atoms with E-state index in [0.717, 1.165) is 82.1 Å². The van der Waals surface area contributed by atoms with Gasteiger partial charge in [-0.1, -0.05) is 85.0 Å². The molecule has 1 heterocycles. The zero-order valence-corrected chi connectivity index (χ0v) is 38.8. The number of unbranched alkanes of at least 4 members (excludes halogenated alkanes) is 2. The fraction of sp³-hybridized carbons (Fsp3) is 0.500. The number of carbonyl (C=O) groups is 2. The van der Waals surface area contributed by atoms with Crippen molar-refractivity contribution < 1.29 is 69.8 Å². The lowest BCUT2D eigenvalue weighted by molar-refractivity contribution is -0.336. The lowest BCUT2D eigenvalue weighted by Crippen LogP contribution is -2.29. The minimum atomic E-state index is -4.45. The minimum Gasteiger partial charge on any atom is -0.491 e. The van der Waals surface area contributed by atoms with E-state index < -0.39 is 29.6 Å². The summed E-state index contributed by atoms with van der Waals surface area (Å²) in [5.41, 5.74) is -1.51. The lowest BCUT2D eigenvalue weighted by Gasteiger charge is -2.27. The van der Waals surface area contributed by atoms with Crippen molar-refractivity contribution in [1.82, 2.24) is 0 Å². The molecule has 0 unspecified atom stereocenters. The number of allylic oxidation sites excluding steroid dienone is 9. The summed E-state index contributed by atoms with van der Waals surface area (Å²) in [4.78, 5) is 33.7. The Morgan fingerprint density at radius 3 is 1.67 bits per heavy atom. The van der Waals surface area contributed by atoms with Crippen LogP contribution in [0.4, 0.5) is 26.3 Å². The Morgan fingerprint density at radius 2 is 1.15 bits per heavy atom. The summed E-state index contributed by atoms with van der Waals surface area (Å²) in [6.45, 7) is 7.40. The Hall–Kier alpha value is -5.12. The van der Waals surface area contributed by atoms with Crippen LogP contribution >= 0.6 is 0 Å². The Bertz CT molecular complexity index is 1930. The highest BCUT2D eigenvalue weighted by molar-refractivity contribution is 5.69. The molecule has 67 heavy (non-hydrogen) atoms. The van der Waals surface area contributed by atoms with Crippen LogP contribution in [0.2, 0.25) is 0 Å². The largest absolute Gasteiger partial charge is 0.491 e. The minimum absolute atomic E-state index is 0.0289. The molecule has 1 aliphatic heterocycles. The zero-order chi connectivity index (χ0) is 49.1. The second kappa shape index (κ2) is 30.3. The molecule has 9 nitrogen and oxygen atoms in total. The number of aliphatic hydroxyl groups excluding tert-OH is 1. The van der Waals surface area contributed by atoms with Crippen LogP contribution in [0.25, 0.3) is 0 Å². The molecule has 1 saturated heterocycles. The average Bonchev–Trinajstić information content (AvgIpc) is 3.87. The summed E-state index contributed by atoms with van der Waals surface area (Å²) in [5, 5.41) is 10.3. The first kappa shape index (κ1) is 56.2. The van der Waals surface area contributed by atoms with Gasteiger partial charge in [-0.05, 0) is 115 Å². The molecule has 1 saturated carbocycles. The quantitative estimate of drug-likeness (QED) is 0.0324. The van der Waals surface area contributed by atoms with E-state index in [1.54, 1.807) is 12.2 Å². The molecule has 0 aromatic heterocycles. The molecule has 5 atom stereocenters. The summed E-state index contributed by atoms with van der Waals surface area (Å²) >= 11 is 0. The van der Waals surface area contributed by atoms with Crippen LogP contribution in [0.5, 0.6) is 11.5 Å². The van der Waals surface area contributed by atoms with E-state index in [1.807, 2.05) is 52.0 Å². The van der Waals surface area contributed by atoms with Gasteiger partial charge < -0.3 is 24.1 Å². The predicted octanol–water partition coefficient (Wildman–Crippen LogP) is 13.0. The summed E-state index contributed by atoms with van der Waals surface area (Å²) in [6, 6.07) is 9.43. The van der Waals surface area contributed by atoms with E-state index in [9.17, 15) is 41.0 Å². The molecular weight excluding hydrogens is 883 g/mol. The van der Waals surface area contributed by atoms with Crippen molar-refractivity contribution in [3.63, 3.8) is 0 Å². The molecule has 370 valence electrons. The third-order valence-electron chi connectivity index (χ3n) is 10.1. The smallest absolute Gasteiger partial charge is 0.416 e. The van der Waals surface area contributed by atoms with E-state index in [0.29, 0.717) is 12.8 Å².